The number of hydrogen-bond donors (Lipinski definition) is 0. The Balaban J connectivity index is 2.07. The van der Waals surface area contributed by atoms with Gasteiger partial charge in [-0.15, -0.1) is 9.24 Å². The van der Waals surface area contributed by atoms with Crippen LogP contribution in [0.5, 0.6) is 0 Å². The van der Waals surface area contributed by atoms with Crippen LogP contribution >= 0.6 is 9.24 Å². The molecule has 4 aromatic rings. The van der Waals surface area contributed by atoms with Gasteiger partial charge in [0.15, 0.2) is 0 Å². The van der Waals surface area contributed by atoms with E-state index in [0.717, 1.165) is 45.6 Å². The highest BCUT2D eigenvalue weighted by atomic mass is 31.0. The molecular formula is C23H19N2P. The van der Waals surface area contributed by atoms with E-state index in [9.17, 15) is 0 Å². The fourth-order valence-corrected chi connectivity index (χ4v) is 3.27. The van der Waals surface area contributed by atoms with Crippen molar-refractivity contribution in [1.82, 2.24) is 9.97 Å². The van der Waals surface area contributed by atoms with Gasteiger partial charge in [-0.3, -0.25) is 0 Å². The summed E-state index contributed by atoms with van der Waals surface area (Å²) in [5.74, 6) is 0.826. The van der Waals surface area contributed by atoms with Gasteiger partial charge >= 0.3 is 0 Å². The van der Waals surface area contributed by atoms with Crippen LogP contribution in [0.4, 0.5) is 0 Å². The van der Waals surface area contributed by atoms with Gasteiger partial charge in [-0.05, 0) is 5.56 Å². The number of benzene rings is 3. The van der Waals surface area contributed by atoms with Crippen LogP contribution in [0.3, 0.4) is 0 Å². The average Bonchev–Trinajstić information content (AvgIpc) is 2.74. The predicted octanol–water partition coefficient (Wildman–Crippen LogP) is 5.85. The zero-order chi connectivity index (χ0) is 17.8. The van der Waals surface area contributed by atoms with Crippen LogP contribution in [0.1, 0.15) is 5.82 Å². The minimum absolute atomic E-state index is 0.717. The van der Waals surface area contributed by atoms with Crippen molar-refractivity contribution >= 4 is 9.24 Å². The molecule has 1 aromatic heterocycles. The van der Waals surface area contributed by atoms with Gasteiger partial charge in [0, 0.05) is 22.9 Å². The van der Waals surface area contributed by atoms with E-state index in [1.165, 1.54) is 0 Å². The van der Waals surface area contributed by atoms with E-state index in [4.69, 9.17) is 9.97 Å². The first-order valence-electron chi connectivity index (χ1n) is 8.64. The lowest BCUT2D eigenvalue weighted by Gasteiger charge is -2.16. The van der Waals surface area contributed by atoms with Gasteiger partial charge in [0.05, 0.1) is 11.4 Å². The third-order valence-corrected chi connectivity index (χ3v) is 4.66. The minimum atomic E-state index is 0.717. The quantitative estimate of drug-likeness (QED) is 0.429. The van der Waals surface area contributed by atoms with E-state index in [0.29, 0.717) is 0 Å². The summed E-state index contributed by atoms with van der Waals surface area (Å²) in [6.45, 7) is 0. The molecule has 0 fully saturated rings. The first-order chi connectivity index (χ1) is 12.9. The molecule has 126 valence electrons. The second-order valence-electron chi connectivity index (χ2n) is 6.01. The van der Waals surface area contributed by atoms with Crippen LogP contribution in [-0.2, 0) is 6.16 Å². The highest BCUT2D eigenvalue weighted by Gasteiger charge is 2.18. The molecule has 0 amide bonds. The molecule has 0 bridgehead atoms. The molecular weight excluding hydrogens is 335 g/mol. The summed E-state index contributed by atoms with van der Waals surface area (Å²) in [5.41, 5.74) is 6.35. The summed E-state index contributed by atoms with van der Waals surface area (Å²) in [5, 5.41) is 0. The summed E-state index contributed by atoms with van der Waals surface area (Å²) in [6.07, 6.45) is 0.717. The van der Waals surface area contributed by atoms with Gasteiger partial charge in [0.2, 0.25) is 0 Å². The molecule has 3 aromatic carbocycles. The number of aromatic nitrogens is 2. The second kappa shape index (κ2) is 7.59. The highest BCUT2D eigenvalue weighted by molar-refractivity contribution is 7.15. The van der Waals surface area contributed by atoms with Crippen molar-refractivity contribution in [1.29, 1.82) is 0 Å². The molecule has 0 aliphatic carbocycles. The smallest absolute Gasteiger partial charge is 0.133 e. The van der Waals surface area contributed by atoms with Crippen molar-refractivity contribution in [3.8, 4) is 33.6 Å². The molecule has 0 spiro atoms. The van der Waals surface area contributed by atoms with Crippen LogP contribution in [0, 0.1) is 0 Å². The van der Waals surface area contributed by atoms with Crippen LogP contribution in [0.2, 0.25) is 0 Å². The van der Waals surface area contributed by atoms with Crippen molar-refractivity contribution in [3.63, 3.8) is 0 Å². The summed E-state index contributed by atoms with van der Waals surface area (Å²) < 4.78 is 0. The molecule has 0 aliphatic rings. The molecule has 26 heavy (non-hydrogen) atoms. The van der Waals surface area contributed by atoms with Gasteiger partial charge < -0.3 is 0 Å². The molecule has 0 aliphatic heterocycles. The van der Waals surface area contributed by atoms with Crippen LogP contribution in [-0.4, -0.2) is 9.97 Å². The summed E-state index contributed by atoms with van der Waals surface area (Å²) >= 11 is 0. The second-order valence-corrected chi connectivity index (χ2v) is 6.42. The van der Waals surface area contributed by atoms with E-state index in [-0.39, 0.29) is 0 Å². The molecule has 0 saturated heterocycles. The van der Waals surface area contributed by atoms with Gasteiger partial charge in [-0.25, -0.2) is 9.97 Å². The lowest BCUT2D eigenvalue weighted by Crippen LogP contribution is -2.01. The Hall–Kier alpha value is -2.83. The molecule has 1 atom stereocenters. The third-order valence-electron chi connectivity index (χ3n) is 4.29. The van der Waals surface area contributed by atoms with E-state index in [2.05, 4.69) is 82.0 Å². The van der Waals surface area contributed by atoms with Crippen molar-refractivity contribution in [2.75, 3.05) is 0 Å². The Bertz CT molecular complexity index is 940. The zero-order valence-electron chi connectivity index (χ0n) is 14.3. The summed E-state index contributed by atoms with van der Waals surface area (Å²) in [7, 11) is 2.73. The Morgan fingerprint density at radius 2 is 0.923 bits per heavy atom. The van der Waals surface area contributed by atoms with Crippen molar-refractivity contribution in [2.45, 2.75) is 6.16 Å². The number of rotatable bonds is 4. The molecule has 0 N–H and O–H groups in total. The Morgan fingerprint density at radius 3 is 1.31 bits per heavy atom. The Kier molecular flexibility index (Phi) is 4.86. The number of hydrogen-bond acceptors (Lipinski definition) is 2. The first-order valence-corrected chi connectivity index (χ1v) is 9.45. The standard InChI is InChI=1S/C23H19N2P/c26-16-20-24-22(18-12-6-2-7-13-18)21(17-10-4-1-5-11-17)23(25-20)19-14-8-3-9-15-19/h1-15H,16,26H2. The molecule has 1 unspecified atom stereocenters. The van der Waals surface area contributed by atoms with Crippen molar-refractivity contribution in [3.05, 3.63) is 96.8 Å². The van der Waals surface area contributed by atoms with Gasteiger partial charge in [0.25, 0.3) is 0 Å². The maximum Gasteiger partial charge on any atom is 0.133 e. The molecule has 1 heterocycles. The van der Waals surface area contributed by atoms with Gasteiger partial charge in [-0.2, -0.15) is 0 Å². The van der Waals surface area contributed by atoms with E-state index in [1.54, 1.807) is 0 Å². The van der Waals surface area contributed by atoms with E-state index >= 15 is 0 Å². The maximum atomic E-state index is 4.89. The SMILES string of the molecule is PCc1nc(-c2ccccc2)c(-c2ccccc2)c(-c2ccccc2)n1. The van der Waals surface area contributed by atoms with Crippen LogP contribution in [0.15, 0.2) is 91.0 Å². The lowest BCUT2D eigenvalue weighted by atomic mass is 9.94. The topological polar surface area (TPSA) is 25.8 Å². The van der Waals surface area contributed by atoms with Crippen molar-refractivity contribution < 1.29 is 0 Å². The van der Waals surface area contributed by atoms with Crippen molar-refractivity contribution in [2.24, 2.45) is 0 Å². The highest BCUT2D eigenvalue weighted by Crippen LogP contribution is 2.38. The Morgan fingerprint density at radius 1 is 0.538 bits per heavy atom. The van der Waals surface area contributed by atoms with E-state index in [1.807, 2.05) is 18.2 Å². The number of nitrogens with zero attached hydrogens (tertiary/aromatic N) is 2. The lowest BCUT2D eigenvalue weighted by molar-refractivity contribution is 1.05. The maximum absolute atomic E-state index is 4.89. The molecule has 4 rings (SSSR count). The van der Waals surface area contributed by atoms with Gasteiger partial charge in [-0.1, -0.05) is 91.0 Å². The average molecular weight is 354 g/mol. The molecule has 3 heteroatoms. The van der Waals surface area contributed by atoms with Crippen LogP contribution < -0.4 is 0 Å². The normalized spacial score (nSPS) is 10.7. The monoisotopic (exact) mass is 354 g/mol. The van der Waals surface area contributed by atoms with Gasteiger partial charge in [0.1, 0.15) is 5.82 Å². The zero-order valence-corrected chi connectivity index (χ0v) is 15.5. The fourth-order valence-electron chi connectivity index (χ4n) is 3.09. The molecule has 0 saturated carbocycles. The summed E-state index contributed by atoms with van der Waals surface area (Å²) in [6, 6.07) is 31.1. The molecule has 2 nitrogen and oxygen atoms in total. The first kappa shape index (κ1) is 16.6. The summed E-state index contributed by atoms with van der Waals surface area (Å²) in [4.78, 5) is 9.78. The molecule has 0 radical (unpaired) electrons. The third kappa shape index (κ3) is 3.29. The van der Waals surface area contributed by atoms with Crippen LogP contribution in [0.25, 0.3) is 33.6 Å². The fraction of sp³-hybridized carbons (Fsp3) is 0.0435. The Labute approximate surface area is 156 Å². The van der Waals surface area contributed by atoms with E-state index < -0.39 is 0 Å². The largest absolute Gasteiger partial charge is 0.232 e. The predicted molar refractivity (Wildman–Crippen MR) is 112 cm³/mol. The minimum Gasteiger partial charge on any atom is -0.232 e.